The third kappa shape index (κ3) is 5.72. The van der Waals surface area contributed by atoms with Crippen LogP contribution < -0.4 is 9.47 Å². The Bertz CT molecular complexity index is 1640. The van der Waals surface area contributed by atoms with E-state index in [2.05, 4.69) is 10.1 Å². The number of aliphatic hydroxyl groups excluding tert-OH is 1. The zero-order valence-corrected chi connectivity index (χ0v) is 31.2. The number of halogens is 1. The Morgan fingerprint density at radius 1 is 1.08 bits per heavy atom. The molecule has 3 aliphatic carbocycles. The molecular weight excluding hydrogens is 654 g/mol. The van der Waals surface area contributed by atoms with Crippen molar-refractivity contribution in [3.8, 4) is 11.6 Å². The monoisotopic (exact) mass is 701 g/mol. The van der Waals surface area contributed by atoms with Gasteiger partial charge in [-0.25, -0.2) is 4.98 Å². The van der Waals surface area contributed by atoms with E-state index in [0.29, 0.717) is 30.6 Å². The van der Waals surface area contributed by atoms with Crippen molar-refractivity contribution < 1.29 is 37.9 Å². The van der Waals surface area contributed by atoms with E-state index in [9.17, 15) is 9.90 Å². The van der Waals surface area contributed by atoms with Gasteiger partial charge in [-0.2, -0.15) is 0 Å². The van der Waals surface area contributed by atoms with Gasteiger partial charge in [0, 0.05) is 17.1 Å². The highest BCUT2D eigenvalue weighted by Gasteiger charge is 2.69. The Morgan fingerprint density at radius 2 is 1.73 bits per heavy atom. The number of ether oxygens (including phenoxy) is 2. The number of ketones is 2. The first-order valence-corrected chi connectivity index (χ1v) is 20.2. The minimum absolute atomic E-state index is 0.0363. The summed E-state index contributed by atoms with van der Waals surface area (Å²) >= 11 is 6.66. The fourth-order valence-corrected chi connectivity index (χ4v) is 8.72. The summed E-state index contributed by atoms with van der Waals surface area (Å²) < 4.78 is 25.0. The van der Waals surface area contributed by atoms with Crippen molar-refractivity contribution in [1.29, 1.82) is 0 Å². The second kappa shape index (κ2) is 13.3. The van der Waals surface area contributed by atoms with Gasteiger partial charge in [0.25, 0.3) is 5.88 Å². The number of fused-ring (bicyclic) bond motifs is 4. The topological polar surface area (TPSA) is 141 Å². The van der Waals surface area contributed by atoms with Gasteiger partial charge in [0.1, 0.15) is 22.2 Å². The predicted octanol–water partition coefficient (Wildman–Crippen LogP) is 7.18. The molecule has 0 radical (unpaired) electrons. The molecule has 2 aromatic rings. The van der Waals surface area contributed by atoms with Crippen LogP contribution in [0.15, 0.2) is 10.1 Å². The highest BCUT2D eigenvalue weighted by Crippen LogP contribution is 2.59. The first kappa shape index (κ1) is 36.2. The van der Waals surface area contributed by atoms with E-state index in [4.69, 9.17) is 30.0 Å². The van der Waals surface area contributed by atoms with Crippen molar-refractivity contribution in [2.45, 2.75) is 103 Å². The van der Waals surface area contributed by atoms with E-state index in [-0.39, 0.29) is 69.4 Å². The predicted molar refractivity (Wildman–Crippen MR) is 184 cm³/mol. The fraction of sp³-hybridized carbons (Fsp3) is 0.629. The number of carbonyl (C=O) groups excluding carboxylic acids is 3. The summed E-state index contributed by atoms with van der Waals surface area (Å²) in [4.78, 5) is 49.0. The maximum atomic E-state index is 15.4. The van der Waals surface area contributed by atoms with Crippen molar-refractivity contribution in [3.63, 3.8) is 0 Å². The van der Waals surface area contributed by atoms with Gasteiger partial charge in [-0.05, 0) is 69.0 Å². The average Bonchev–Trinajstić information content (AvgIpc) is 3.42. The molecule has 0 spiro atoms. The average molecular weight is 702 g/mol. The molecule has 0 bridgehead atoms. The van der Waals surface area contributed by atoms with E-state index in [1.54, 1.807) is 0 Å². The maximum absolute atomic E-state index is 15.4. The standard InChI is InChI=1S/C35H48ClN3O8Si/c1-10-12-14-44-28-22(18-40)37-32(36)20-16-19-17-21-26(39(6)7)29-25(33(38-46-29)45-15-13-11-2)31(43)35(21,47-48(8,9)34(3,4)5)30(42)23(19)27(41)24(20)28/h18-19,21,26,41H,10-17H2,1-9H3/t19-,21-,26-,35-/m0/s1. The molecule has 2 aromatic heterocycles. The maximum Gasteiger partial charge on any atom is 0.265 e. The van der Waals surface area contributed by atoms with E-state index >= 15 is 9.59 Å². The molecule has 1 N–H and O–H groups in total. The minimum atomic E-state index is -2.87. The lowest BCUT2D eigenvalue weighted by Crippen LogP contribution is -2.68. The molecule has 0 aromatic carbocycles. The molecule has 4 atom stereocenters. The third-order valence-corrected chi connectivity index (χ3v) is 15.3. The molecule has 1 saturated carbocycles. The van der Waals surface area contributed by atoms with Gasteiger partial charge in [0.15, 0.2) is 31.7 Å². The Labute approximate surface area is 288 Å². The van der Waals surface area contributed by atoms with E-state index in [0.717, 1.165) is 19.3 Å². The van der Waals surface area contributed by atoms with Crippen molar-refractivity contribution in [2.24, 2.45) is 11.8 Å². The summed E-state index contributed by atoms with van der Waals surface area (Å²) in [6.07, 6.45) is 4.21. The van der Waals surface area contributed by atoms with Gasteiger partial charge in [-0.15, -0.1) is 0 Å². The van der Waals surface area contributed by atoms with E-state index in [1.807, 2.05) is 66.7 Å². The van der Waals surface area contributed by atoms with Gasteiger partial charge in [-0.1, -0.05) is 59.1 Å². The molecule has 3 aliphatic rings. The molecule has 0 unspecified atom stereocenters. The number of aldehydes is 1. The Morgan fingerprint density at radius 3 is 2.31 bits per heavy atom. The summed E-state index contributed by atoms with van der Waals surface area (Å²) in [6, 6.07) is -0.577. The van der Waals surface area contributed by atoms with E-state index < -0.39 is 43.4 Å². The summed E-state index contributed by atoms with van der Waals surface area (Å²) in [5.74, 6) is -2.34. The summed E-state index contributed by atoms with van der Waals surface area (Å²) in [5.41, 5.74) is -1.27. The van der Waals surface area contributed by atoms with Crippen LogP contribution in [0.3, 0.4) is 0 Å². The molecule has 5 rings (SSSR count). The highest BCUT2D eigenvalue weighted by molar-refractivity contribution is 6.74. The third-order valence-electron chi connectivity index (χ3n) is 10.5. The zero-order chi connectivity index (χ0) is 35.3. The van der Waals surface area contributed by atoms with Crippen molar-refractivity contribution >= 4 is 43.5 Å². The second-order valence-corrected chi connectivity index (χ2v) is 20.0. The van der Waals surface area contributed by atoms with Crippen LogP contribution in [0, 0.1) is 11.8 Å². The van der Waals surface area contributed by atoms with Gasteiger partial charge < -0.3 is 23.5 Å². The largest absolute Gasteiger partial charge is 0.507 e. The van der Waals surface area contributed by atoms with Crippen LogP contribution in [0.5, 0.6) is 11.6 Å². The van der Waals surface area contributed by atoms with Crippen LogP contribution >= 0.6 is 11.6 Å². The number of aromatic nitrogens is 2. The summed E-state index contributed by atoms with van der Waals surface area (Å²) in [6.45, 7) is 14.8. The molecule has 11 nitrogen and oxygen atoms in total. The fourth-order valence-electron chi connectivity index (χ4n) is 7.00. The van der Waals surface area contributed by atoms with Gasteiger partial charge in [-0.3, -0.25) is 19.3 Å². The lowest BCUT2D eigenvalue weighted by molar-refractivity contribution is -0.140. The van der Waals surface area contributed by atoms with Crippen LogP contribution in [0.2, 0.25) is 23.3 Å². The van der Waals surface area contributed by atoms with E-state index in [1.165, 1.54) is 0 Å². The molecule has 13 heteroatoms. The number of hydrogen-bond acceptors (Lipinski definition) is 11. The second-order valence-electron chi connectivity index (χ2n) is 14.9. The van der Waals surface area contributed by atoms with Crippen LogP contribution in [0.1, 0.15) is 110 Å². The lowest BCUT2D eigenvalue weighted by atomic mass is 9.57. The first-order valence-electron chi connectivity index (χ1n) is 16.9. The SMILES string of the molecule is CCCCOc1noc2c1C(=O)[C@@]1(O[Si](C)(C)C(C)(C)C)C(=O)C3=C(O)c4c(c(Cl)nc(C=O)c4OCCCC)C[C@H]3C[C@H]1[C@@H]2N(C)C. The van der Waals surface area contributed by atoms with Gasteiger partial charge in [0.2, 0.25) is 11.6 Å². The van der Waals surface area contributed by atoms with Crippen LogP contribution in [0.25, 0.3) is 5.76 Å². The number of nitrogens with zero attached hydrogens (tertiary/aromatic N) is 3. The van der Waals surface area contributed by atoms with Crippen molar-refractivity contribution in [3.05, 3.63) is 38.9 Å². The highest BCUT2D eigenvalue weighted by atomic mass is 35.5. The summed E-state index contributed by atoms with van der Waals surface area (Å²) in [7, 11) is 0.863. The van der Waals surface area contributed by atoms with Crippen LogP contribution in [-0.4, -0.2) is 79.2 Å². The van der Waals surface area contributed by atoms with Crippen LogP contribution in [-0.2, 0) is 15.6 Å². The molecule has 2 heterocycles. The first-order chi connectivity index (χ1) is 22.6. The minimum Gasteiger partial charge on any atom is -0.507 e. The molecule has 262 valence electrons. The van der Waals surface area contributed by atoms with Crippen LogP contribution in [0.4, 0.5) is 0 Å². The zero-order valence-electron chi connectivity index (χ0n) is 29.5. The smallest absolute Gasteiger partial charge is 0.265 e. The Hall–Kier alpha value is -3.06. The number of aliphatic hydroxyl groups is 1. The van der Waals surface area contributed by atoms with Gasteiger partial charge in [0.05, 0.1) is 24.8 Å². The number of unbranched alkanes of at least 4 members (excludes halogenated alkanes) is 2. The number of pyridine rings is 1. The normalized spacial score (nSPS) is 23.9. The number of hydrogen-bond donors (Lipinski definition) is 1. The molecule has 0 saturated heterocycles. The quantitative estimate of drug-likeness (QED) is 0.0790. The molecule has 0 aliphatic heterocycles. The Kier molecular flexibility index (Phi) is 10.1. The number of carbonyl (C=O) groups is 3. The number of Topliss-reactive ketones (excluding diaryl/α,β-unsaturated/α-hetero) is 2. The molecule has 0 amide bonds. The molecule has 48 heavy (non-hydrogen) atoms. The lowest BCUT2D eigenvalue weighted by Gasteiger charge is -2.55. The Balaban J connectivity index is 1.79. The molecule has 1 fully saturated rings. The van der Waals surface area contributed by atoms with Crippen molar-refractivity contribution in [1.82, 2.24) is 15.0 Å². The number of rotatable bonds is 12. The summed E-state index contributed by atoms with van der Waals surface area (Å²) in [5, 5.41) is 16.0. The van der Waals surface area contributed by atoms with Crippen molar-refractivity contribution in [2.75, 3.05) is 27.3 Å². The van der Waals surface area contributed by atoms with Gasteiger partial charge >= 0.3 is 0 Å². The molecular formula is C35H48ClN3O8Si.